The van der Waals surface area contributed by atoms with E-state index in [9.17, 15) is 18.0 Å². The van der Waals surface area contributed by atoms with Gasteiger partial charge in [0.15, 0.2) is 5.79 Å². The lowest BCUT2D eigenvalue weighted by atomic mass is 9.97. The molecule has 52 heavy (non-hydrogen) atoms. The lowest BCUT2D eigenvalue weighted by Gasteiger charge is -2.37. The smallest absolute Gasteiger partial charge is 0.416 e. The fourth-order valence-electron chi connectivity index (χ4n) is 6.56. The monoisotopic (exact) mass is 715 g/mol. The molecule has 3 atom stereocenters. The van der Waals surface area contributed by atoms with Crippen molar-refractivity contribution in [3.63, 3.8) is 0 Å². The minimum absolute atomic E-state index is 0.0454. The van der Waals surface area contributed by atoms with Crippen molar-refractivity contribution in [3.8, 4) is 11.4 Å². The zero-order valence-corrected chi connectivity index (χ0v) is 28.9. The molecule has 2 saturated heterocycles. The van der Waals surface area contributed by atoms with Crippen molar-refractivity contribution >= 4 is 11.4 Å². The van der Waals surface area contributed by atoms with Crippen molar-refractivity contribution < 1.29 is 27.4 Å². The van der Waals surface area contributed by atoms with Crippen LogP contribution in [0.15, 0.2) is 102 Å². The van der Waals surface area contributed by atoms with Gasteiger partial charge in [0, 0.05) is 55.7 Å². The van der Waals surface area contributed by atoms with Crippen molar-refractivity contribution in [2.24, 2.45) is 0 Å². The molecule has 2 aliphatic rings. The summed E-state index contributed by atoms with van der Waals surface area (Å²) in [4.78, 5) is 17.5. The molecule has 3 aromatic carbocycles. The van der Waals surface area contributed by atoms with Crippen LogP contribution in [0, 0.1) is 0 Å². The van der Waals surface area contributed by atoms with Crippen LogP contribution in [-0.2, 0) is 27.9 Å². The molecule has 0 saturated carbocycles. The average molecular weight is 716 g/mol. The van der Waals surface area contributed by atoms with E-state index >= 15 is 0 Å². The second kappa shape index (κ2) is 14.8. The van der Waals surface area contributed by atoms with E-state index in [4.69, 9.17) is 14.2 Å². The van der Waals surface area contributed by atoms with E-state index in [2.05, 4.69) is 25.1 Å². The van der Waals surface area contributed by atoms with Crippen LogP contribution < -0.4 is 20.2 Å². The van der Waals surface area contributed by atoms with E-state index in [-0.39, 0.29) is 31.4 Å². The second-order valence-corrected chi connectivity index (χ2v) is 13.1. The van der Waals surface area contributed by atoms with Gasteiger partial charge in [0.25, 0.3) is 0 Å². The Morgan fingerprint density at radius 3 is 2.12 bits per heavy atom. The van der Waals surface area contributed by atoms with E-state index < -0.39 is 23.6 Å². The van der Waals surface area contributed by atoms with Gasteiger partial charge in [-0.1, -0.05) is 19.1 Å². The van der Waals surface area contributed by atoms with Crippen LogP contribution >= 0.6 is 0 Å². The molecule has 0 spiro atoms. The normalized spacial score (nSPS) is 19.9. The van der Waals surface area contributed by atoms with Crippen LogP contribution in [0.25, 0.3) is 5.69 Å². The fraction of sp³-hybridized carbons (Fsp3) is 0.368. The molecular weight excluding hydrogens is 675 g/mol. The van der Waals surface area contributed by atoms with Crippen LogP contribution in [-0.4, -0.2) is 70.0 Å². The Morgan fingerprint density at radius 1 is 0.885 bits per heavy atom. The standard InChI is InChI=1S/C38H40F3N7O4/c1-3-27(2)48-36(49)47(26-44-48)33-10-8-31(9-11-33)45-18-20-46(21-19-45)32-12-14-34(15-13-32)50-24-35-25-51-37(52-35,22-28-16-17-42-43-23-28)29-4-6-30(7-5-29)38(39,40)41/h4-17,23,26-27,35H,3,18-22,24-25H2,1-2H3/t27?,35-,37+/m1/s1. The maximum absolute atomic E-state index is 13.3. The Balaban J connectivity index is 0.930. The van der Waals surface area contributed by atoms with E-state index in [1.54, 1.807) is 29.4 Å². The summed E-state index contributed by atoms with van der Waals surface area (Å²) < 4.78 is 61.5. The summed E-state index contributed by atoms with van der Waals surface area (Å²) in [7, 11) is 0. The van der Waals surface area contributed by atoms with Gasteiger partial charge in [-0.05, 0) is 85.6 Å². The SMILES string of the molecule is CCC(C)n1ncn(-c2ccc(N3CCN(c4ccc(OC[C@@H]5CO[C@](Cc6ccnnc6)(c6ccc(C(F)(F)F)cc6)O5)cc4)CC3)cc2)c1=O. The number of anilines is 2. The van der Waals surface area contributed by atoms with Gasteiger partial charge in [-0.3, -0.25) is 0 Å². The van der Waals surface area contributed by atoms with Gasteiger partial charge in [-0.2, -0.15) is 28.5 Å². The lowest BCUT2D eigenvalue weighted by molar-refractivity contribution is -0.178. The molecule has 0 amide bonds. The predicted molar refractivity (Wildman–Crippen MR) is 189 cm³/mol. The van der Waals surface area contributed by atoms with Crippen LogP contribution in [0.3, 0.4) is 0 Å². The average Bonchev–Trinajstić information content (AvgIpc) is 3.78. The first-order chi connectivity index (χ1) is 25.1. The highest BCUT2D eigenvalue weighted by molar-refractivity contribution is 5.54. The number of benzene rings is 3. The third-order valence-electron chi connectivity index (χ3n) is 9.71. The number of rotatable bonds is 11. The quantitative estimate of drug-likeness (QED) is 0.162. The summed E-state index contributed by atoms with van der Waals surface area (Å²) in [6, 6.07) is 22.6. The molecule has 0 radical (unpaired) electrons. The fourth-order valence-corrected chi connectivity index (χ4v) is 6.56. The number of hydrogen-bond acceptors (Lipinski definition) is 9. The third kappa shape index (κ3) is 7.53. The summed E-state index contributed by atoms with van der Waals surface area (Å²) in [5, 5.41) is 12.0. The van der Waals surface area contributed by atoms with Gasteiger partial charge in [0.2, 0.25) is 0 Å². The molecule has 2 aliphatic heterocycles. The van der Waals surface area contributed by atoms with Gasteiger partial charge in [0.05, 0.1) is 30.1 Å². The van der Waals surface area contributed by atoms with E-state index in [0.29, 0.717) is 11.3 Å². The molecule has 2 fully saturated rings. The molecule has 0 bridgehead atoms. The highest BCUT2D eigenvalue weighted by Gasteiger charge is 2.44. The number of piperazine rings is 1. The number of aromatic nitrogens is 5. The van der Waals surface area contributed by atoms with E-state index in [1.165, 1.54) is 16.8 Å². The molecule has 2 aromatic heterocycles. The second-order valence-electron chi connectivity index (χ2n) is 13.1. The van der Waals surface area contributed by atoms with Crippen molar-refractivity contribution in [1.29, 1.82) is 0 Å². The predicted octanol–water partition coefficient (Wildman–Crippen LogP) is 6.03. The lowest BCUT2D eigenvalue weighted by Crippen LogP contribution is -2.46. The zero-order valence-electron chi connectivity index (χ0n) is 28.9. The van der Waals surface area contributed by atoms with Crippen molar-refractivity contribution in [3.05, 3.63) is 125 Å². The summed E-state index contributed by atoms with van der Waals surface area (Å²) in [6.07, 6.45) is 0.874. The molecule has 0 N–H and O–H groups in total. The molecule has 1 unspecified atom stereocenters. The number of hydrogen-bond donors (Lipinski definition) is 0. The first-order valence-electron chi connectivity index (χ1n) is 17.4. The summed E-state index contributed by atoms with van der Waals surface area (Å²) >= 11 is 0. The van der Waals surface area contributed by atoms with Crippen LogP contribution in [0.5, 0.6) is 5.75 Å². The molecule has 7 rings (SSSR count). The first-order valence-corrected chi connectivity index (χ1v) is 17.4. The Labute approximate surface area is 299 Å². The van der Waals surface area contributed by atoms with Gasteiger partial charge in [-0.15, -0.1) is 0 Å². The van der Waals surface area contributed by atoms with Crippen molar-refractivity contribution in [2.75, 3.05) is 49.2 Å². The largest absolute Gasteiger partial charge is 0.491 e. The molecule has 14 heteroatoms. The van der Waals surface area contributed by atoms with Crippen LogP contribution in [0.1, 0.15) is 43.0 Å². The highest BCUT2D eigenvalue weighted by atomic mass is 19.4. The minimum atomic E-state index is -4.45. The molecule has 272 valence electrons. The van der Waals surface area contributed by atoms with E-state index in [0.717, 1.165) is 67.4 Å². The Morgan fingerprint density at radius 2 is 1.52 bits per heavy atom. The molecular formula is C38H40F3N7O4. The number of alkyl halides is 3. The first kappa shape index (κ1) is 35.2. The molecule has 4 heterocycles. The van der Waals surface area contributed by atoms with Crippen LogP contribution in [0.4, 0.5) is 24.5 Å². The Bertz CT molecular complexity index is 1980. The summed E-state index contributed by atoms with van der Waals surface area (Å²) in [6.45, 7) is 7.79. The maximum atomic E-state index is 13.3. The minimum Gasteiger partial charge on any atom is -0.491 e. The van der Waals surface area contributed by atoms with E-state index in [1.807, 2.05) is 62.4 Å². The number of halogens is 3. The Kier molecular flexibility index (Phi) is 10.0. The Hall–Kier alpha value is -5.21. The maximum Gasteiger partial charge on any atom is 0.416 e. The van der Waals surface area contributed by atoms with Crippen molar-refractivity contribution in [2.45, 2.75) is 50.8 Å². The number of ether oxygens (including phenoxy) is 3. The zero-order chi connectivity index (χ0) is 36.3. The number of nitrogens with zero attached hydrogens (tertiary/aromatic N) is 7. The van der Waals surface area contributed by atoms with Crippen molar-refractivity contribution in [1.82, 2.24) is 24.5 Å². The van der Waals surface area contributed by atoms with Gasteiger partial charge in [0.1, 0.15) is 24.8 Å². The molecule has 11 nitrogen and oxygen atoms in total. The van der Waals surface area contributed by atoms with Gasteiger partial charge in [-0.25, -0.2) is 14.0 Å². The molecule has 5 aromatic rings. The topological polar surface area (TPSA) is 99.8 Å². The van der Waals surface area contributed by atoms with Gasteiger partial charge >= 0.3 is 11.9 Å². The molecule has 0 aliphatic carbocycles. The van der Waals surface area contributed by atoms with Gasteiger partial charge < -0.3 is 24.0 Å². The summed E-state index contributed by atoms with van der Waals surface area (Å²) in [5.41, 5.74) is 3.35. The summed E-state index contributed by atoms with van der Waals surface area (Å²) in [5.74, 6) is -0.628. The van der Waals surface area contributed by atoms with Crippen LogP contribution in [0.2, 0.25) is 0 Å². The third-order valence-corrected chi connectivity index (χ3v) is 9.71. The highest BCUT2D eigenvalue weighted by Crippen LogP contribution is 2.39.